The van der Waals surface area contributed by atoms with E-state index in [1.807, 2.05) is 97.1 Å². The number of ketones is 1. The maximum atomic E-state index is 13.1. The molecule has 176 valence electrons. The molecule has 0 aromatic heterocycles. The quantitative estimate of drug-likeness (QED) is 0.190. The molecule has 0 fully saturated rings. The van der Waals surface area contributed by atoms with Crippen LogP contribution in [0.5, 0.6) is 0 Å². The van der Waals surface area contributed by atoms with E-state index in [0.717, 1.165) is 35.7 Å². The first kappa shape index (κ1) is 24.7. The van der Waals surface area contributed by atoms with Crippen molar-refractivity contribution < 1.29 is 4.79 Å². The van der Waals surface area contributed by atoms with Crippen LogP contribution in [0, 0.1) is 0 Å². The first-order chi connectivity index (χ1) is 17.6. The summed E-state index contributed by atoms with van der Waals surface area (Å²) in [6.45, 7) is 0. The molecule has 0 aliphatic carbocycles. The van der Waals surface area contributed by atoms with Gasteiger partial charge in [0, 0.05) is 40.8 Å². The zero-order chi connectivity index (χ0) is 24.9. The third-order valence-electron chi connectivity index (χ3n) is 5.54. The van der Waals surface area contributed by atoms with Gasteiger partial charge in [0.2, 0.25) is 0 Å². The van der Waals surface area contributed by atoms with E-state index in [9.17, 15) is 4.79 Å². The third-order valence-corrected chi connectivity index (χ3v) is 8.20. The second-order valence-electron chi connectivity index (χ2n) is 8.01. The SMILES string of the molecule is O=C(c1ccccc1)c1ccccc1Sc1ccc(-c2cc(Cl)ccc2Sc2ccc(Cl)cc2)cc1. The molecule has 0 aliphatic heterocycles. The van der Waals surface area contributed by atoms with Crippen molar-refractivity contribution in [3.63, 3.8) is 0 Å². The molecule has 0 amide bonds. The molecular weight excluding hydrogens is 523 g/mol. The molecule has 0 radical (unpaired) electrons. The number of rotatable bonds is 7. The highest BCUT2D eigenvalue weighted by Crippen LogP contribution is 2.39. The molecular formula is C31H20Cl2OS2. The number of halogens is 2. The van der Waals surface area contributed by atoms with Crippen LogP contribution in [0.4, 0.5) is 0 Å². The normalized spacial score (nSPS) is 10.8. The van der Waals surface area contributed by atoms with Crippen molar-refractivity contribution in [1.82, 2.24) is 0 Å². The second-order valence-corrected chi connectivity index (χ2v) is 11.1. The average Bonchev–Trinajstić information content (AvgIpc) is 2.92. The zero-order valence-corrected chi connectivity index (χ0v) is 22.2. The van der Waals surface area contributed by atoms with E-state index in [4.69, 9.17) is 23.2 Å². The molecule has 0 bridgehead atoms. The lowest BCUT2D eigenvalue weighted by atomic mass is 10.0. The largest absolute Gasteiger partial charge is 0.289 e. The van der Waals surface area contributed by atoms with Crippen molar-refractivity contribution in [2.24, 2.45) is 0 Å². The van der Waals surface area contributed by atoms with E-state index in [-0.39, 0.29) is 5.78 Å². The average molecular weight is 544 g/mol. The molecule has 0 saturated heterocycles. The summed E-state index contributed by atoms with van der Waals surface area (Å²) in [6.07, 6.45) is 0. The maximum absolute atomic E-state index is 13.1. The van der Waals surface area contributed by atoms with Gasteiger partial charge in [0.25, 0.3) is 0 Å². The lowest BCUT2D eigenvalue weighted by molar-refractivity contribution is 0.103. The van der Waals surface area contributed by atoms with Crippen molar-refractivity contribution in [3.05, 3.63) is 142 Å². The van der Waals surface area contributed by atoms with Crippen LogP contribution in [0.15, 0.2) is 141 Å². The summed E-state index contributed by atoms with van der Waals surface area (Å²) in [7, 11) is 0. The van der Waals surface area contributed by atoms with Gasteiger partial charge in [0.15, 0.2) is 5.78 Å². The summed E-state index contributed by atoms with van der Waals surface area (Å²) in [5, 5.41) is 1.41. The van der Waals surface area contributed by atoms with Gasteiger partial charge in [-0.25, -0.2) is 0 Å². The van der Waals surface area contributed by atoms with Gasteiger partial charge in [-0.1, -0.05) is 101 Å². The predicted octanol–water partition coefficient (Wildman–Crippen LogP) is 10.2. The molecule has 0 aliphatic rings. The van der Waals surface area contributed by atoms with Crippen LogP contribution in [0.3, 0.4) is 0 Å². The predicted molar refractivity (Wildman–Crippen MR) is 153 cm³/mol. The van der Waals surface area contributed by atoms with Crippen molar-refractivity contribution in [3.8, 4) is 11.1 Å². The summed E-state index contributed by atoms with van der Waals surface area (Å²) in [5.74, 6) is 0.0260. The van der Waals surface area contributed by atoms with Crippen LogP contribution in [-0.2, 0) is 0 Å². The fourth-order valence-electron chi connectivity index (χ4n) is 3.76. The van der Waals surface area contributed by atoms with Crippen molar-refractivity contribution in [2.45, 2.75) is 19.6 Å². The van der Waals surface area contributed by atoms with Gasteiger partial charge in [0.1, 0.15) is 0 Å². The Bertz CT molecular complexity index is 1500. The third kappa shape index (κ3) is 5.88. The van der Waals surface area contributed by atoms with Gasteiger partial charge in [-0.05, 0) is 77.9 Å². The van der Waals surface area contributed by atoms with E-state index >= 15 is 0 Å². The van der Waals surface area contributed by atoms with Gasteiger partial charge in [0.05, 0.1) is 0 Å². The van der Waals surface area contributed by atoms with Crippen LogP contribution in [0.1, 0.15) is 15.9 Å². The minimum Gasteiger partial charge on any atom is -0.289 e. The molecule has 5 heteroatoms. The van der Waals surface area contributed by atoms with Gasteiger partial charge in [-0.3, -0.25) is 4.79 Å². The summed E-state index contributed by atoms with van der Waals surface area (Å²) in [5.41, 5.74) is 3.53. The minimum absolute atomic E-state index is 0.0260. The lowest BCUT2D eigenvalue weighted by Gasteiger charge is -2.12. The minimum atomic E-state index is 0.0260. The molecule has 36 heavy (non-hydrogen) atoms. The molecule has 0 heterocycles. The van der Waals surface area contributed by atoms with Crippen molar-refractivity contribution in [1.29, 1.82) is 0 Å². The van der Waals surface area contributed by atoms with E-state index in [2.05, 4.69) is 24.3 Å². The highest BCUT2D eigenvalue weighted by atomic mass is 35.5. The van der Waals surface area contributed by atoms with Gasteiger partial charge in [-0.15, -0.1) is 0 Å². The Labute approximate surface area is 229 Å². The standard InChI is InChI=1S/C31H20Cl2OS2/c32-23-12-17-26(18-13-23)36-30-19-14-24(33)20-28(30)21-10-15-25(16-11-21)35-29-9-5-4-8-27(29)31(34)22-6-2-1-3-7-22/h1-20H. The number of carbonyl (C=O) groups excluding carboxylic acids is 1. The number of carbonyl (C=O) groups is 1. The first-order valence-electron chi connectivity index (χ1n) is 11.3. The monoisotopic (exact) mass is 542 g/mol. The Hall–Kier alpha value is -2.95. The van der Waals surface area contributed by atoms with Crippen LogP contribution in [0.2, 0.25) is 10.0 Å². The summed E-state index contributed by atoms with van der Waals surface area (Å²) >= 11 is 15.7. The molecule has 0 spiro atoms. The fraction of sp³-hybridized carbons (Fsp3) is 0. The topological polar surface area (TPSA) is 17.1 Å². The molecule has 5 rings (SSSR count). The van der Waals surface area contributed by atoms with Gasteiger partial charge >= 0.3 is 0 Å². The van der Waals surface area contributed by atoms with E-state index in [1.54, 1.807) is 23.5 Å². The van der Waals surface area contributed by atoms with Crippen molar-refractivity contribution >= 4 is 52.5 Å². The van der Waals surface area contributed by atoms with Crippen LogP contribution in [0.25, 0.3) is 11.1 Å². The van der Waals surface area contributed by atoms with Crippen LogP contribution < -0.4 is 0 Å². The van der Waals surface area contributed by atoms with Gasteiger partial charge < -0.3 is 0 Å². The second kappa shape index (κ2) is 11.4. The number of hydrogen-bond acceptors (Lipinski definition) is 3. The Morgan fingerprint density at radius 3 is 1.86 bits per heavy atom. The molecule has 5 aromatic carbocycles. The molecule has 1 nitrogen and oxygen atoms in total. The summed E-state index contributed by atoms with van der Waals surface area (Å²) in [4.78, 5) is 17.3. The highest BCUT2D eigenvalue weighted by molar-refractivity contribution is 7.99. The summed E-state index contributed by atoms with van der Waals surface area (Å²) in [6, 6.07) is 39.3. The molecule has 5 aromatic rings. The van der Waals surface area contributed by atoms with Crippen molar-refractivity contribution in [2.75, 3.05) is 0 Å². The van der Waals surface area contributed by atoms with Gasteiger partial charge in [-0.2, -0.15) is 0 Å². The highest BCUT2D eigenvalue weighted by Gasteiger charge is 2.14. The Morgan fingerprint density at radius 1 is 0.556 bits per heavy atom. The lowest BCUT2D eigenvalue weighted by Crippen LogP contribution is -2.02. The zero-order valence-electron chi connectivity index (χ0n) is 19.0. The molecule has 0 atom stereocenters. The van der Waals surface area contributed by atoms with E-state index in [0.29, 0.717) is 16.1 Å². The van der Waals surface area contributed by atoms with Crippen LogP contribution in [-0.4, -0.2) is 5.78 Å². The van der Waals surface area contributed by atoms with E-state index < -0.39 is 0 Å². The smallest absolute Gasteiger partial charge is 0.194 e. The fourth-order valence-corrected chi connectivity index (χ4v) is 5.95. The summed E-state index contributed by atoms with van der Waals surface area (Å²) < 4.78 is 0. The van der Waals surface area contributed by atoms with E-state index in [1.165, 1.54) is 0 Å². The maximum Gasteiger partial charge on any atom is 0.194 e. The number of hydrogen-bond donors (Lipinski definition) is 0. The molecule has 0 unspecified atom stereocenters. The molecule has 0 N–H and O–H groups in total. The molecule has 0 saturated carbocycles. The number of benzene rings is 5. The first-order valence-corrected chi connectivity index (χ1v) is 13.7. The Morgan fingerprint density at radius 2 is 1.14 bits per heavy atom. The van der Waals surface area contributed by atoms with Crippen LogP contribution >= 0.6 is 46.7 Å². The Balaban J connectivity index is 1.40. The Kier molecular flexibility index (Phi) is 7.84.